The van der Waals surface area contributed by atoms with Gasteiger partial charge in [0, 0.05) is 19.1 Å². The molecule has 1 aliphatic heterocycles. The van der Waals surface area contributed by atoms with Gasteiger partial charge in [-0.15, -0.1) is 0 Å². The molecular weight excluding hydrogens is 403 g/mol. The van der Waals surface area contributed by atoms with Crippen molar-refractivity contribution in [1.82, 2.24) is 24.5 Å². The first-order valence-electron chi connectivity index (χ1n) is 10.8. The smallest absolute Gasteiger partial charge is 0.226 e. The van der Waals surface area contributed by atoms with Crippen LogP contribution in [0.25, 0.3) is 11.2 Å². The van der Waals surface area contributed by atoms with E-state index in [1.54, 1.807) is 12.1 Å². The fourth-order valence-corrected chi connectivity index (χ4v) is 4.96. The molecule has 2 aromatic heterocycles. The first kappa shape index (κ1) is 19.7. The summed E-state index contributed by atoms with van der Waals surface area (Å²) in [5, 5.41) is 2.39. The van der Waals surface area contributed by atoms with Crippen molar-refractivity contribution in [3.05, 3.63) is 47.3 Å². The number of halogens is 2. The highest BCUT2D eigenvalue weighted by molar-refractivity contribution is 6.28. The van der Waals surface area contributed by atoms with Gasteiger partial charge in [-0.1, -0.05) is 31.0 Å². The van der Waals surface area contributed by atoms with Gasteiger partial charge in [-0.05, 0) is 61.3 Å². The van der Waals surface area contributed by atoms with E-state index in [0.29, 0.717) is 17.8 Å². The van der Waals surface area contributed by atoms with Crippen LogP contribution in [0.15, 0.2) is 30.6 Å². The molecule has 6 nitrogen and oxygen atoms in total. The Balaban J connectivity index is 1.27. The van der Waals surface area contributed by atoms with Crippen LogP contribution in [0.4, 0.5) is 10.2 Å². The predicted molar refractivity (Wildman–Crippen MR) is 116 cm³/mol. The number of rotatable bonds is 5. The van der Waals surface area contributed by atoms with E-state index in [0.717, 1.165) is 61.9 Å². The maximum absolute atomic E-state index is 14.0. The average Bonchev–Trinajstić information content (AvgIpc) is 3.41. The number of aromatic nitrogens is 4. The van der Waals surface area contributed by atoms with E-state index in [1.165, 1.54) is 12.8 Å². The molecule has 1 saturated carbocycles. The molecule has 5 rings (SSSR count). The number of nitrogens with zero attached hydrogens (tertiary/aromatic N) is 5. The Kier molecular flexibility index (Phi) is 5.56. The van der Waals surface area contributed by atoms with Crippen molar-refractivity contribution < 1.29 is 4.39 Å². The molecule has 3 aromatic rings. The van der Waals surface area contributed by atoms with Gasteiger partial charge in [0.15, 0.2) is 17.0 Å². The third-order valence-electron chi connectivity index (χ3n) is 6.46. The number of hydrogen-bond acceptors (Lipinski definition) is 5. The Labute approximate surface area is 180 Å². The molecule has 1 saturated heterocycles. The number of benzene rings is 1. The molecule has 0 amide bonds. The number of piperidine rings is 1. The van der Waals surface area contributed by atoms with Gasteiger partial charge in [-0.25, -0.2) is 14.4 Å². The van der Waals surface area contributed by atoms with E-state index in [1.807, 2.05) is 18.5 Å². The average molecular weight is 429 g/mol. The molecule has 0 radical (unpaired) electrons. The molecular formula is C22H26ClFN6. The highest BCUT2D eigenvalue weighted by Crippen LogP contribution is 2.33. The lowest BCUT2D eigenvalue weighted by molar-refractivity contribution is 0.215. The van der Waals surface area contributed by atoms with Crippen LogP contribution in [-0.2, 0) is 6.42 Å². The maximum Gasteiger partial charge on any atom is 0.226 e. The van der Waals surface area contributed by atoms with E-state index in [9.17, 15) is 4.39 Å². The minimum atomic E-state index is -0.103. The lowest BCUT2D eigenvalue weighted by Gasteiger charge is -2.32. The topological polar surface area (TPSA) is 58.9 Å². The number of fused-ring (bicyclic) bond motifs is 1. The van der Waals surface area contributed by atoms with Crippen molar-refractivity contribution >= 4 is 28.6 Å². The highest BCUT2D eigenvalue weighted by Gasteiger charge is 2.24. The number of hydrogen-bond donors (Lipinski definition) is 1. The zero-order chi connectivity index (χ0) is 20.5. The molecule has 30 heavy (non-hydrogen) atoms. The van der Waals surface area contributed by atoms with Gasteiger partial charge in [-0.3, -0.25) is 0 Å². The summed E-state index contributed by atoms with van der Waals surface area (Å²) in [6.45, 7) is 1.73. The van der Waals surface area contributed by atoms with Crippen molar-refractivity contribution in [1.29, 1.82) is 0 Å². The number of anilines is 1. The minimum Gasteiger partial charge on any atom is -0.312 e. The lowest BCUT2D eigenvalue weighted by atomic mass is 9.90. The van der Waals surface area contributed by atoms with Gasteiger partial charge in [0.05, 0.1) is 6.33 Å². The van der Waals surface area contributed by atoms with Gasteiger partial charge < -0.3 is 9.99 Å². The summed E-state index contributed by atoms with van der Waals surface area (Å²) >= 11 is 6.25. The SMILES string of the molecule is Fc1ccccc1CC1CCN(Nc2nc(Cl)nc3c2ncn3C2CCCC2)CC1. The van der Waals surface area contributed by atoms with E-state index >= 15 is 0 Å². The molecule has 158 valence electrons. The number of hydrazine groups is 1. The number of nitrogens with one attached hydrogen (secondary N) is 1. The van der Waals surface area contributed by atoms with Crippen LogP contribution in [0.2, 0.25) is 5.28 Å². The van der Waals surface area contributed by atoms with E-state index in [-0.39, 0.29) is 11.1 Å². The minimum absolute atomic E-state index is 0.103. The van der Waals surface area contributed by atoms with Crippen molar-refractivity contribution in [3.63, 3.8) is 0 Å². The second-order valence-electron chi connectivity index (χ2n) is 8.44. The Bertz CT molecular complexity index is 1020. The molecule has 0 atom stereocenters. The molecule has 0 spiro atoms. The summed E-state index contributed by atoms with van der Waals surface area (Å²) in [7, 11) is 0. The van der Waals surface area contributed by atoms with Crippen LogP contribution < -0.4 is 5.43 Å². The van der Waals surface area contributed by atoms with Crippen LogP contribution in [0.3, 0.4) is 0 Å². The third kappa shape index (κ3) is 4.01. The Morgan fingerprint density at radius 2 is 1.83 bits per heavy atom. The molecule has 2 aliphatic rings. The first-order chi connectivity index (χ1) is 14.7. The molecule has 8 heteroatoms. The molecule has 0 unspecified atom stereocenters. The summed E-state index contributed by atoms with van der Waals surface area (Å²) in [6, 6.07) is 7.53. The largest absolute Gasteiger partial charge is 0.312 e. The molecule has 3 heterocycles. The van der Waals surface area contributed by atoms with Crippen LogP contribution >= 0.6 is 11.6 Å². The van der Waals surface area contributed by atoms with Crippen molar-refractivity contribution in [2.45, 2.75) is 51.0 Å². The Hall–Kier alpha value is -2.25. The maximum atomic E-state index is 14.0. The quantitative estimate of drug-likeness (QED) is 0.578. The van der Waals surface area contributed by atoms with Gasteiger partial charge in [0.2, 0.25) is 5.28 Å². The second-order valence-corrected chi connectivity index (χ2v) is 8.78. The molecule has 0 bridgehead atoms. The first-order valence-corrected chi connectivity index (χ1v) is 11.2. The third-order valence-corrected chi connectivity index (χ3v) is 6.63. The van der Waals surface area contributed by atoms with Gasteiger partial charge in [-0.2, -0.15) is 9.97 Å². The van der Waals surface area contributed by atoms with Crippen molar-refractivity contribution in [2.75, 3.05) is 18.5 Å². The van der Waals surface area contributed by atoms with E-state index < -0.39 is 0 Å². The second kappa shape index (κ2) is 8.47. The molecule has 1 aliphatic carbocycles. The zero-order valence-corrected chi connectivity index (χ0v) is 17.7. The van der Waals surface area contributed by atoms with Gasteiger partial charge in [0.1, 0.15) is 5.82 Å². The van der Waals surface area contributed by atoms with E-state index in [4.69, 9.17) is 11.6 Å². The molecule has 2 fully saturated rings. The molecule has 1 aromatic carbocycles. The standard InChI is InChI=1S/C22H26ClFN6/c23-22-26-20(19-21(27-22)30(14-25-19)17-6-2-3-7-17)28-29-11-9-15(10-12-29)13-16-5-1-4-8-18(16)24/h1,4-5,8,14-15,17H,2-3,6-7,9-13H2,(H,26,27,28). The lowest BCUT2D eigenvalue weighted by Crippen LogP contribution is -2.38. The van der Waals surface area contributed by atoms with Crippen LogP contribution in [0.5, 0.6) is 0 Å². The normalized spacial score (nSPS) is 19.0. The van der Waals surface area contributed by atoms with Crippen LogP contribution in [-0.4, -0.2) is 37.6 Å². The summed E-state index contributed by atoms with van der Waals surface area (Å²) in [5.74, 6) is 1.04. The Morgan fingerprint density at radius 3 is 2.60 bits per heavy atom. The molecule has 1 N–H and O–H groups in total. The number of imidazole rings is 1. The van der Waals surface area contributed by atoms with Crippen molar-refractivity contribution in [3.8, 4) is 0 Å². The Morgan fingerprint density at radius 1 is 1.07 bits per heavy atom. The zero-order valence-electron chi connectivity index (χ0n) is 16.9. The van der Waals surface area contributed by atoms with E-state index in [2.05, 4.69) is 30.0 Å². The summed E-state index contributed by atoms with van der Waals surface area (Å²) < 4.78 is 16.1. The predicted octanol–water partition coefficient (Wildman–Crippen LogP) is 5.02. The van der Waals surface area contributed by atoms with Crippen LogP contribution in [0.1, 0.15) is 50.1 Å². The fourth-order valence-electron chi connectivity index (χ4n) is 4.79. The van der Waals surface area contributed by atoms with Gasteiger partial charge in [0.25, 0.3) is 0 Å². The summed E-state index contributed by atoms with van der Waals surface area (Å²) in [6.07, 6.45) is 9.47. The monoisotopic (exact) mass is 428 g/mol. The summed E-state index contributed by atoms with van der Waals surface area (Å²) in [4.78, 5) is 13.5. The van der Waals surface area contributed by atoms with Crippen LogP contribution in [0, 0.1) is 11.7 Å². The highest BCUT2D eigenvalue weighted by atomic mass is 35.5. The summed E-state index contributed by atoms with van der Waals surface area (Å²) in [5.41, 5.74) is 5.79. The van der Waals surface area contributed by atoms with Gasteiger partial charge >= 0.3 is 0 Å². The fraction of sp³-hybridized carbons (Fsp3) is 0.500. The van der Waals surface area contributed by atoms with Crippen molar-refractivity contribution in [2.24, 2.45) is 5.92 Å².